The zero-order valence-electron chi connectivity index (χ0n) is 8.03. The molecule has 0 unspecified atom stereocenters. The van der Waals surface area contributed by atoms with E-state index in [9.17, 15) is 4.79 Å². The van der Waals surface area contributed by atoms with Crippen molar-refractivity contribution in [2.24, 2.45) is 5.73 Å². The summed E-state index contributed by atoms with van der Waals surface area (Å²) in [5, 5.41) is 8.68. The molecule has 4 nitrogen and oxygen atoms in total. The smallest absolute Gasteiger partial charge is 0.305 e. The number of para-hydroxylation sites is 1. The van der Waals surface area contributed by atoms with Gasteiger partial charge >= 0.3 is 5.97 Å². The Hall–Kier alpha value is -1.55. The van der Waals surface area contributed by atoms with E-state index >= 15 is 0 Å². The van der Waals surface area contributed by atoms with Gasteiger partial charge in [-0.25, -0.2) is 0 Å². The van der Waals surface area contributed by atoms with E-state index in [2.05, 4.69) is 0 Å². The van der Waals surface area contributed by atoms with Gasteiger partial charge in [0, 0.05) is 5.69 Å². The molecule has 1 rings (SSSR count). The lowest BCUT2D eigenvalue weighted by atomic mass is 9.89. The molecule has 0 aliphatic heterocycles. The van der Waals surface area contributed by atoms with Crippen LogP contribution in [0.1, 0.15) is 18.9 Å². The topological polar surface area (TPSA) is 89.3 Å². The minimum Gasteiger partial charge on any atom is -0.481 e. The molecule has 1 aromatic carbocycles. The molecule has 0 aliphatic carbocycles. The van der Waals surface area contributed by atoms with Crippen molar-refractivity contribution in [3.63, 3.8) is 0 Å². The fourth-order valence-corrected chi connectivity index (χ4v) is 1.43. The normalized spacial score (nSPS) is 14.7. The Morgan fingerprint density at radius 2 is 2.07 bits per heavy atom. The standard InChI is InChI=1S/C10H14N2O2/c1-10(12,6-9(13)14)7-4-2-3-5-8(7)11/h2-5H,6,11-12H2,1H3,(H,13,14)/t10-/m1/s1. The number of rotatable bonds is 3. The monoisotopic (exact) mass is 194 g/mol. The summed E-state index contributed by atoms with van der Waals surface area (Å²) in [4.78, 5) is 10.6. The van der Waals surface area contributed by atoms with E-state index in [1.807, 2.05) is 0 Å². The molecule has 14 heavy (non-hydrogen) atoms. The number of nitrogens with two attached hydrogens (primary N) is 2. The number of carbonyl (C=O) groups is 1. The summed E-state index contributed by atoms with van der Waals surface area (Å²) in [5.41, 5.74) is 11.9. The Labute approximate surface area is 82.5 Å². The van der Waals surface area contributed by atoms with E-state index in [0.29, 0.717) is 11.3 Å². The molecule has 0 fully saturated rings. The number of benzene rings is 1. The first-order valence-corrected chi connectivity index (χ1v) is 4.29. The summed E-state index contributed by atoms with van der Waals surface area (Å²) in [6.45, 7) is 1.66. The number of carboxylic acid groups (broad SMARTS) is 1. The van der Waals surface area contributed by atoms with Gasteiger partial charge in [0.25, 0.3) is 0 Å². The van der Waals surface area contributed by atoms with Gasteiger partial charge in [-0.1, -0.05) is 18.2 Å². The third-order valence-electron chi connectivity index (χ3n) is 2.09. The van der Waals surface area contributed by atoms with E-state index < -0.39 is 11.5 Å². The summed E-state index contributed by atoms with van der Waals surface area (Å²) in [5.74, 6) is -0.932. The molecule has 1 aromatic rings. The Bertz CT molecular complexity index is 348. The highest BCUT2D eigenvalue weighted by Crippen LogP contribution is 2.26. The average Bonchev–Trinajstić information content (AvgIpc) is 2.02. The Balaban J connectivity index is 3.03. The second-order valence-electron chi connectivity index (χ2n) is 3.58. The quantitative estimate of drug-likeness (QED) is 0.624. The molecule has 0 aromatic heterocycles. The number of carboxylic acids is 1. The third kappa shape index (κ3) is 2.23. The zero-order valence-corrected chi connectivity index (χ0v) is 8.03. The number of hydrogen-bond donors (Lipinski definition) is 3. The van der Waals surface area contributed by atoms with Gasteiger partial charge in [-0.05, 0) is 18.6 Å². The maximum absolute atomic E-state index is 10.6. The second-order valence-corrected chi connectivity index (χ2v) is 3.58. The Kier molecular flexibility index (Phi) is 2.76. The number of anilines is 1. The van der Waals surface area contributed by atoms with Crippen LogP contribution in [0.25, 0.3) is 0 Å². The molecule has 0 amide bonds. The van der Waals surface area contributed by atoms with Crippen LogP contribution in [0.5, 0.6) is 0 Å². The second kappa shape index (κ2) is 3.67. The van der Waals surface area contributed by atoms with Crippen molar-refractivity contribution in [2.75, 3.05) is 5.73 Å². The van der Waals surface area contributed by atoms with Crippen LogP contribution in [-0.4, -0.2) is 11.1 Å². The largest absolute Gasteiger partial charge is 0.481 e. The maximum atomic E-state index is 10.6. The number of aliphatic carboxylic acids is 1. The van der Waals surface area contributed by atoms with Crippen molar-refractivity contribution in [3.8, 4) is 0 Å². The van der Waals surface area contributed by atoms with Gasteiger partial charge in [0.1, 0.15) is 0 Å². The third-order valence-corrected chi connectivity index (χ3v) is 2.09. The predicted molar refractivity (Wildman–Crippen MR) is 54.6 cm³/mol. The lowest BCUT2D eigenvalue weighted by Gasteiger charge is -2.24. The molecule has 0 spiro atoms. The van der Waals surface area contributed by atoms with Crippen LogP contribution in [0.3, 0.4) is 0 Å². The minimum atomic E-state index is -0.932. The first-order chi connectivity index (χ1) is 6.43. The molecule has 4 heteroatoms. The zero-order chi connectivity index (χ0) is 10.8. The van der Waals surface area contributed by atoms with E-state index in [1.54, 1.807) is 31.2 Å². The molecule has 1 atom stereocenters. The SMILES string of the molecule is C[C@@](N)(CC(=O)O)c1ccccc1N. The minimum absolute atomic E-state index is 0.138. The van der Waals surface area contributed by atoms with Gasteiger partial charge in [-0.15, -0.1) is 0 Å². The summed E-state index contributed by atoms with van der Waals surface area (Å²) in [6.07, 6.45) is -0.138. The van der Waals surface area contributed by atoms with Gasteiger partial charge in [0.2, 0.25) is 0 Å². The van der Waals surface area contributed by atoms with Crippen molar-refractivity contribution in [1.82, 2.24) is 0 Å². The highest BCUT2D eigenvalue weighted by molar-refractivity contribution is 5.69. The summed E-state index contributed by atoms with van der Waals surface area (Å²) >= 11 is 0. The molecular formula is C10H14N2O2. The fraction of sp³-hybridized carbons (Fsp3) is 0.300. The lowest BCUT2D eigenvalue weighted by molar-refractivity contribution is -0.138. The molecular weight excluding hydrogens is 180 g/mol. The highest BCUT2D eigenvalue weighted by Gasteiger charge is 2.26. The van der Waals surface area contributed by atoms with Crippen molar-refractivity contribution >= 4 is 11.7 Å². The van der Waals surface area contributed by atoms with Gasteiger partial charge in [-0.3, -0.25) is 4.79 Å². The Morgan fingerprint density at radius 1 is 1.50 bits per heavy atom. The fourth-order valence-electron chi connectivity index (χ4n) is 1.43. The van der Waals surface area contributed by atoms with E-state index in [4.69, 9.17) is 16.6 Å². The maximum Gasteiger partial charge on any atom is 0.305 e. The van der Waals surface area contributed by atoms with Crippen LogP contribution >= 0.6 is 0 Å². The van der Waals surface area contributed by atoms with Crippen LogP contribution in [0.2, 0.25) is 0 Å². The lowest BCUT2D eigenvalue weighted by Crippen LogP contribution is -2.36. The average molecular weight is 194 g/mol. The van der Waals surface area contributed by atoms with Crippen LogP contribution in [0.15, 0.2) is 24.3 Å². The molecule has 76 valence electrons. The summed E-state index contributed by atoms with van der Waals surface area (Å²) in [6, 6.07) is 7.04. The summed E-state index contributed by atoms with van der Waals surface area (Å²) in [7, 11) is 0. The highest BCUT2D eigenvalue weighted by atomic mass is 16.4. The number of hydrogen-bond acceptors (Lipinski definition) is 3. The molecule has 5 N–H and O–H groups in total. The predicted octanol–water partition coefficient (Wildman–Crippen LogP) is 0.917. The van der Waals surface area contributed by atoms with Gasteiger partial charge in [-0.2, -0.15) is 0 Å². The van der Waals surface area contributed by atoms with Crippen LogP contribution < -0.4 is 11.5 Å². The van der Waals surface area contributed by atoms with Crippen molar-refractivity contribution in [2.45, 2.75) is 18.9 Å². The van der Waals surface area contributed by atoms with Gasteiger partial charge in [0.15, 0.2) is 0 Å². The van der Waals surface area contributed by atoms with Crippen molar-refractivity contribution in [1.29, 1.82) is 0 Å². The number of nitrogen functional groups attached to an aromatic ring is 1. The van der Waals surface area contributed by atoms with Crippen molar-refractivity contribution < 1.29 is 9.90 Å². The first kappa shape index (κ1) is 10.5. The molecule has 0 aliphatic rings. The Morgan fingerprint density at radius 3 is 2.57 bits per heavy atom. The molecule has 0 radical (unpaired) electrons. The van der Waals surface area contributed by atoms with Crippen LogP contribution in [0.4, 0.5) is 5.69 Å². The van der Waals surface area contributed by atoms with Crippen LogP contribution in [-0.2, 0) is 10.3 Å². The molecule has 0 heterocycles. The van der Waals surface area contributed by atoms with E-state index in [-0.39, 0.29) is 6.42 Å². The first-order valence-electron chi connectivity index (χ1n) is 4.29. The van der Waals surface area contributed by atoms with E-state index in [1.165, 1.54) is 0 Å². The van der Waals surface area contributed by atoms with Crippen LogP contribution in [0, 0.1) is 0 Å². The van der Waals surface area contributed by atoms with Gasteiger partial charge < -0.3 is 16.6 Å². The molecule has 0 bridgehead atoms. The summed E-state index contributed by atoms with van der Waals surface area (Å²) < 4.78 is 0. The van der Waals surface area contributed by atoms with Gasteiger partial charge in [0.05, 0.1) is 12.0 Å². The van der Waals surface area contributed by atoms with E-state index in [0.717, 1.165) is 0 Å². The van der Waals surface area contributed by atoms with Crippen molar-refractivity contribution in [3.05, 3.63) is 29.8 Å². The molecule has 0 saturated carbocycles. The molecule has 0 saturated heterocycles.